The predicted molar refractivity (Wildman–Crippen MR) is 98.2 cm³/mol. The molecule has 0 atom stereocenters. The summed E-state index contributed by atoms with van der Waals surface area (Å²) in [6.45, 7) is 2.07. The molecule has 0 N–H and O–H groups in total. The van der Waals surface area contributed by atoms with E-state index in [0.717, 1.165) is 30.0 Å². The molecule has 2 aromatic heterocycles. The van der Waals surface area contributed by atoms with Gasteiger partial charge in [-0.3, -0.25) is 9.36 Å². The second-order valence-corrected chi connectivity index (χ2v) is 7.21. The minimum Gasteiger partial charge on any atom is -0.268 e. The van der Waals surface area contributed by atoms with Crippen LogP contribution in [0.1, 0.15) is 31.0 Å². The number of aryl methyl sites for hydroxylation is 2. The second-order valence-electron chi connectivity index (χ2n) is 5.98. The van der Waals surface area contributed by atoms with E-state index in [1.165, 1.54) is 18.4 Å². The molecule has 0 saturated heterocycles. The average molecular weight is 337 g/mol. The molecule has 1 aliphatic carbocycles. The first-order valence-electron chi connectivity index (χ1n) is 8.41. The van der Waals surface area contributed by atoms with Crippen molar-refractivity contribution >= 4 is 22.8 Å². The molecule has 1 aliphatic rings. The van der Waals surface area contributed by atoms with Crippen LogP contribution in [-0.4, -0.2) is 20.3 Å². The lowest BCUT2D eigenvalue weighted by Gasteiger charge is -2.17. The van der Waals surface area contributed by atoms with Crippen molar-refractivity contribution in [2.24, 2.45) is 0 Å². The third kappa shape index (κ3) is 2.63. The van der Waals surface area contributed by atoms with E-state index in [0.29, 0.717) is 16.2 Å². The van der Waals surface area contributed by atoms with Gasteiger partial charge in [0.1, 0.15) is 0 Å². The van der Waals surface area contributed by atoms with Gasteiger partial charge >= 0.3 is 0 Å². The number of hydrogen-bond donors (Lipinski definition) is 0. The fourth-order valence-corrected chi connectivity index (χ4v) is 3.97. The molecule has 0 amide bonds. The Morgan fingerprint density at radius 3 is 2.71 bits per heavy atom. The van der Waals surface area contributed by atoms with Crippen LogP contribution < -0.4 is 5.56 Å². The maximum absolute atomic E-state index is 13.2. The van der Waals surface area contributed by atoms with Gasteiger partial charge in [0.05, 0.1) is 11.1 Å². The zero-order chi connectivity index (χ0) is 16.5. The lowest BCUT2D eigenvalue weighted by Crippen LogP contribution is -2.23. The van der Waals surface area contributed by atoms with Gasteiger partial charge in [0.25, 0.3) is 5.56 Å². The fourth-order valence-electron chi connectivity index (χ4n) is 3.24. The number of nitrogens with zero attached hydrogens (tertiary/aromatic N) is 3. The number of pyridine rings is 1. The monoisotopic (exact) mass is 337 g/mol. The van der Waals surface area contributed by atoms with Crippen LogP contribution in [0.15, 0.2) is 46.3 Å². The third-order valence-corrected chi connectivity index (χ3v) is 5.22. The van der Waals surface area contributed by atoms with E-state index < -0.39 is 0 Å². The molecule has 2 heterocycles. The molecule has 4 rings (SSSR count). The SMILES string of the molecule is CCSc1nc2nc3c(cc2c(=O)n1-c1ccccc1)CCCC3. The van der Waals surface area contributed by atoms with E-state index in [-0.39, 0.29) is 5.56 Å². The van der Waals surface area contributed by atoms with Crippen molar-refractivity contribution in [3.8, 4) is 5.69 Å². The third-order valence-electron chi connectivity index (χ3n) is 4.39. The summed E-state index contributed by atoms with van der Waals surface area (Å²) in [5.41, 5.74) is 3.74. The molecule has 24 heavy (non-hydrogen) atoms. The number of thioether (sulfide) groups is 1. The standard InChI is InChI=1S/C19H19N3OS/c1-2-24-19-21-17-15(12-13-8-6-7-11-16(13)20-17)18(23)22(19)14-9-4-3-5-10-14/h3-5,9-10,12H,2,6-8,11H2,1H3. The molecule has 0 radical (unpaired) electrons. The summed E-state index contributed by atoms with van der Waals surface area (Å²) in [5.74, 6) is 0.857. The summed E-state index contributed by atoms with van der Waals surface area (Å²) in [7, 11) is 0. The first-order valence-corrected chi connectivity index (χ1v) is 9.40. The van der Waals surface area contributed by atoms with Crippen molar-refractivity contribution in [1.82, 2.24) is 14.5 Å². The van der Waals surface area contributed by atoms with Crippen LogP contribution in [-0.2, 0) is 12.8 Å². The van der Waals surface area contributed by atoms with Gasteiger partial charge in [-0.2, -0.15) is 0 Å². The quantitative estimate of drug-likeness (QED) is 0.539. The van der Waals surface area contributed by atoms with Gasteiger partial charge in [0, 0.05) is 5.69 Å². The summed E-state index contributed by atoms with van der Waals surface area (Å²) in [5, 5.41) is 1.34. The van der Waals surface area contributed by atoms with Gasteiger partial charge in [-0.05, 0) is 55.2 Å². The minimum absolute atomic E-state index is 0.0250. The lowest BCUT2D eigenvalue weighted by atomic mass is 9.95. The number of para-hydroxylation sites is 1. The minimum atomic E-state index is -0.0250. The number of hydrogen-bond acceptors (Lipinski definition) is 4. The second kappa shape index (κ2) is 6.40. The Hall–Kier alpha value is -2.14. The van der Waals surface area contributed by atoms with Gasteiger partial charge in [0.2, 0.25) is 0 Å². The molecule has 3 aromatic rings. The van der Waals surface area contributed by atoms with Crippen LogP contribution in [0.25, 0.3) is 16.7 Å². The van der Waals surface area contributed by atoms with Crippen molar-refractivity contribution in [2.45, 2.75) is 37.8 Å². The molecule has 5 heteroatoms. The summed E-state index contributed by atoms with van der Waals surface area (Å²) < 4.78 is 1.72. The van der Waals surface area contributed by atoms with Crippen LogP contribution in [0.4, 0.5) is 0 Å². The van der Waals surface area contributed by atoms with Crippen LogP contribution in [0.2, 0.25) is 0 Å². The lowest BCUT2D eigenvalue weighted by molar-refractivity contribution is 0.669. The Morgan fingerprint density at radius 2 is 1.92 bits per heavy atom. The Bertz CT molecular complexity index is 950. The van der Waals surface area contributed by atoms with Crippen LogP contribution in [0.5, 0.6) is 0 Å². The first-order chi connectivity index (χ1) is 11.8. The van der Waals surface area contributed by atoms with Crippen molar-refractivity contribution in [1.29, 1.82) is 0 Å². The predicted octanol–water partition coefficient (Wildman–Crippen LogP) is 3.77. The highest BCUT2D eigenvalue weighted by molar-refractivity contribution is 7.99. The van der Waals surface area contributed by atoms with Crippen molar-refractivity contribution < 1.29 is 0 Å². The molecule has 0 fully saturated rings. The van der Waals surface area contributed by atoms with E-state index in [1.807, 2.05) is 36.4 Å². The normalized spacial score (nSPS) is 13.9. The van der Waals surface area contributed by atoms with Crippen LogP contribution >= 0.6 is 11.8 Å². The van der Waals surface area contributed by atoms with Gasteiger partial charge in [-0.25, -0.2) is 9.97 Å². The molecule has 0 aliphatic heterocycles. The Morgan fingerprint density at radius 1 is 1.12 bits per heavy atom. The average Bonchev–Trinajstić information content (AvgIpc) is 2.62. The summed E-state index contributed by atoms with van der Waals surface area (Å²) in [6, 6.07) is 11.7. The maximum Gasteiger partial charge on any atom is 0.268 e. The molecule has 0 saturated carbocycles. The number of rotatable bonds is 3. The zero-order valence-electron chi connectivity index (χ0n) is 13.7. The Labute approximate surface area is 145 Å². The summed E-state index contributed by atoms with van der Waals surface area (Å²) >= 11 is 1.57. The molecule has 0 unspecified atom stereocenters. The Kier molecular flexibility index (Phi) is 4.10. The van der Waals surface area contributed by atoms with Gasteiger partial charge in [-0.15, -0.1) is 0 Å². The van der Waals surface area contributed by atoms with Gasteiger partial charge in [-0.1, -0.05) is 36.9 Å². The van der Waals surface area contributed by atoms with Crippen LogP contribution in [0.3, 0.4) is 0 Å². The van der Waals surface area contributed by atoms with Crippen molar-refractivity contribution in [3.63, 3.8) is 0 Å². The van der Waals surface area contributed by atoms with Gasteiger partial charge in [0.15, 0.2) is 10.8 Å². The molecular weight excluding hydrogens is 318 g/mol. The van der Waals surface area contributed by atoms with E-state index >= 15 is 0 Å². The number of fused-ring (bicyclic) bond motifs is 2. The van der Waals surface area contributed by atoms with E-state index in [4.69, 9.17) is 9.97 Å². The van der Waals surface area contributed by atoms with E-state index in [1.54, 1.807) is 16.3 Å². The highest BCUT2D eigenvalue weighted by atomic mass is 32.2. The van der Waals surface area contributed by atoms with E-state index in [9.17, 15) is 4.79 Å². The molecule has 122 valence electrons. The first kappa shape index (κ1) is 15.4. The highest BCUT2D eigenvalue weighted by Crippen LogP contribution is 2.24. The zero-order valence-corrected chi connectivity index (χ0v) is 14.5. The summed E-state index contributed by atoms with van der Waals surface area (Å²) in [6.07, 6.45) is 4.34. The smallest absolute Gasteiger partial charge is 0.268 e. The van der Waals surface area contributed by atoms with Crippen LogP contribution in [0, 0.1) is 0 Å². The molecular formula is C19H19N3OS. The fraction of sp³-hybridized carbons (Fsp3) is 0.316. The number of aromatic nitrogens is 3. The van der Waals surface area contributed by atoms with Crippen molar-refractivity contribution in [2.75, 3.05) is 5.75 Å². The largest absolute Gasteiger partial charge is 0.268 e. The topological polar surface area (TPSA) is 47.8 Å². The molecule has 0 spiro atoms. The maximum atomic E-state index is 13.2. The Balaban J connectivity index is 2.02. The molecule has 1 aromatic carbocycles. The number of benzene rings is 1. The van der Waals surface area contributed by atoms with Gasteiger partial charge < -0.3 is 0 Å². The molecule has 4 nitrogen and oxygen atoms in total. The van der Waals surface area contributed by atoms with Crippen molar-refractivity contribution in [3.05, 3.63) is 58.0 Å². The highest BCUT2D eigenvalue weighted by Gasteiger charge is 2.18. The summed E-state index contributed by atoms with van der Waals surface area (Å²) in [4.78, 5) is 22.6. The molecule has 0 bridgehead atoms. The van der Waals surface area contributed by atoms with E-state index in [2.05, 4.69) is 6.92 Å².